The summed E-state index contributed by atoms with van der Waals surface area (Å²) in [6.45, 7) is 3.79. The van der Waals surface area contributed by atoms with Crippen molar-refractivity contribution in [3.05, 3.63) is 82.9 Å². The summed E-state index contributed by atoms with van der Waals surface area (Å²) in [5.41, 5.74) is 3.63. The zero-order valence-corrected chi connectivity index (χ0v) is 17.8. The first-order chi connectivity index (χ1) is 15.0. The molecule has 31 heavy (non-hydrogen) atoms. The number of fused-ring (bicyclic) bond motifs is 1. The molecule has 1 aromatic heterocycles. The molecule has 5 nitrogen and oxygen atoms in total. The molecule has 0 aliphatic carbocycles. The molecule has 5 heteroatoms. The summed E-state index contributed by atoms with van der Waals surface area (Å²) in [4.78, 5) is 25.6. The number of carbonyl (C=O) groups is 2. The van der Waals surface area contributed by atoms with Crippen LogP contribution < -0.4 is 0 Å². The van der Waals surface area contributed by atoms with Crippen molar-refractivity contribution >= 4 is 22.7 Å². The number of hydrogen-bond acceptors (Lipinski definition) is 5. The van der Waals surface area contributed by atoms with Crippen LogP contribution in [0.25, 0.3) is 33.4 Å². The molecular formula is C26H22O5. The Balaban J connectivity index is 2.08. The topological polar surface area (TPSA) is 65.7 Å². The maximum atomic E-state index is 12.9. The van der Waals surface area contributed by atoms with Crippen LogP contribution in [-0.4, -0.2) is 26.2 Å². The van der Waals surface area contributed by atoms with Crippen molar-refractivity contribution in [1.82, 2.24) is 0 Å². The summed E-state index contributed by atoms with van der Waals surface area (Å²) in [6, 6.07) is 19.0. The number of rotatable bonds is 4. The molecule has 0 saturated carbocycles. The lowest BCUT2D eigenvalue weighted by Crippen LogP contribution is -2.08. The van der Waals surface area contributed by atoms with E-state index < -0.39 is 11.9 Å². The fraction of sp³-hybridized carbons (Fsp3) is 0.154. The predicted molar refractivity (Wildman–Crippen MR) is 119 cm³/mol. The Bertz CT molecular complexity index is 1300. The highest BCUT2D eigenvalue weighted by Crippen LogP contribution is 2.40. The monoisotopic (exact) mass is 414 g/mol. The highest BCUT2D eigenvalue weighted by Gasteiger charge is 2.29. The van der Waals surface area contributed by atoms with Crippen molar-refractivity contribution in [1.29, 1.82) is 0 Å². The van der Waals surface area contributed by atoms with E-state index in [2.05, 4.69) is 0 Å². The molecule has 0 atom stereocenters. The number of methoxy groups -OCH3 is 2. The summed E-state index contributed by atoms with van der Waals surface area (Å²) in [5, 5.41) is 1.66. The van der Waals surface area contributed by atoms with Gasteiger partial charge in [-0.3, -0.25) is 0 Å². The molecule has 0 aliphatic heterocycles. The van der Waals surface area contributed by atoms with Gasteiger partial charge >= 0.3 is 11.9 Å². The Morgan fingerprint density at radius 1 is 0.710 bits per heavy atom. The van der Waals surface area contributed by atoms with Crippen LogP contribution in [-0.2, 0) is 9.47 Å². The highest BCUT2D eigenvalue weighted by atomic mass is 16.5. The molecule has 0 fully saturated rings. The average Bonchev–Trinajstić information content (AvgIpc) is 3.15. The third-order valence-electron chi connectivity index (χ3n) is 5.49. The Kier molecular flexibility index (Phi) is 5.34. The zero-order valence-electron chi connectivity index (χ0n) is 17.8. The molecule has 1 heterocycles. The van der Waals surface area contributed by atoms with E-state index in [0.717, 1.165) is 21.9 Å². The van der Waals surface area contributed by atoms with E-state index in [1.165, 1.54) is 14.2 Å². The third-order valence-corrected chi connectivity index (χ3v) is 5.49. The molecule has 0 amide bonds. The van der Waals surface area contributed by atoms with Crippen LogP contribution in [0.5, 0.6) is 0 Å². The molecule has 0 bridgehead atoms. The fourth-order valence-corrected chi connectivity index (χ4v) is 3.94. The van der Waals surface area contributed by atoms with Gasteiger partial charge in [-0.25, -0.2) is 9.59 Å². The second-order valence-electron chi connectivity index (χ2n) is 7.27. The van der Waals surface area contributed by atoms with Crippen LogP contribution >= 0.6 is 0 Å². The van der Waals surface area contributed by atoms with E-state index in [9.17, 15) is 9.59 Å². The lowest BCUT2D eigenvalue weighted by molar-refractivity contribution is 0.0590. The minimum absolute atomic E-state index is 0.284. The Hall–Kier alpha value is -3.86. The van der Waals surface area contributed by atoms with Crippen LogP contribution in [0.2, 0.25) is 0 Å². The zero-order chi connectivity index (χ0) is 22.1. The molecule has 0 unspecified atom stereocenters. The summed E-state index contributed by atoms with van der Waals surface area (Å²) in [7, 11) is 2.66. The smallest absolute Gasteiger partial charge is 0.342 e. The van der Waals surface area contributed by atoms with E-state index in [1.807, 2.05) is 68.4 Å². The average molecular weight is 414 g/mol. The molecule has 0 spiro atoms. The van der Waals surface area contributed by atoms with Crippen molar-refractivity contribution < 1.29 is 23.5 Å². The molecule has 4 aromatic rings. The molecular weight excluding hydrogens is 392 g/mol. The number of esters is 2. The lowest BCUT2D eigenvalue weighted by atomic mass is 9.93. The number of ether oxygens (including phenoxy) is 2. The van der Waals surface area contributed by atoms with Crippen molar-refractivity contribution in [2.24, 2.45) is 0 Å². The second-order valence-corrected chi connectivity index (χ2v) is 7.27. The first kappa shape index (κ1) is 20.4. The molecule has 0 N–H and O–H groups in total. The standard InChI is InChI=1S/C26H22O5/c1-15-9-8-12-19-18(15)13-14-20(22(19)26(28)30-4)24-21(25(27)29-3)16(2)23(31-24)17-10-6-5-7-11-17/h5-14H,1-4H3. The normalized spacial score (nSPS) is 10.8. The maximum absolute atomic E-state index is 12.9. The van der Waals surface area contributed by atoms with E-state index in [1.54, 1.807) is 6.07 Å². The van der Waals surface area contributed by atoms with E-state index in [-0.39, 0.29) is 5.76 Å². The van der Waals surface area contributed by atoms with Crippen LogP contribution in [0, 0.1) is 13.8 Å². The molecule has 0 saturated heterocycles. The number of aryl methyl sites for hydroxylation is 1. The van der Waals surface area contributed by atoms with Crippen LogP contribution in [0.4, 0.5) is 0 Å². The third kappa shape index (κ3) is 3.38. The van der Waals surface area contributed by atoms with Crippen LogP contribution in [0.3, 0.4) is 0 Å². The number of furan rings is 1. The predicted octanol–water partition coefficient (Wildman–Crippen LogP) is 5.96. The molecule has 0 radical (unpaired) electrons. The summed E-state index contributed by atoms with van der Waals surface area (Å²) in [6.07, 6.45) is 0. The number of benzene rings is 3. The maximum Gasteiger partial charge on any atom is 0.342 e. The lowest BCUT2D eigenvalue weighted by Gasteiger charge is -2.12. The van der Waals surface area contributed by atoms with Crippen molar-refractivity contribution in [3.63, 3.8) is 0 Å². The summed E-state index contributed by atoms with van der Waals surface area (Å²) < 4.78 is 16.4. The first-order valence-electron chi connectivity index (χ1n) is 9.86. The Labute approximate surface area is 180 Å². The minimum atomic E-state index is -0.529. The molecule has 0 aliphatic rings. The summed E-state index contributed by atoms with van der Waals surface area (Å²) >= 11 is 0. The Morgan fingerprint density at radius 3 is 2.06 bits per heavy atom. The van der Waals surface area contributed by atoms with Gasteiger partial charge in [0.05, 0.1) is 19.8 Å². The Morgan fingerprint density at radius 2 is 1.39 bits per heavy atom. The number of hydrogen-bond donors (Lipinski definition) is 0. The SMILES string of the molecule is COC(=O)c1c(-c2ccc3c(C)cccc3c2C(=O)OC)oc(-c2ccccc2)c1C. The number of carbonyl (C=O) groups excluding carboxylic acids is 2. The van der Waals surface area contributed by atoms with Gasteiger partial charge in [-0.2, -0.15) is 0 Å². The summed E-state index contributed by atoms with van der Waals surface area (Å²) in [5.74, 6) is -0.195. The van der Waals surface area contributed by atoms with Gasteiger partial charge < -0.3 is 13.9 Å². The van der Waals surface area contributed by atoms with E-state index in [4.69, 9.17) is 13.9 Å². The first-order valence-corrected chi connectivity index (χ1v) is 9.86. The van der Waals surface area contributed by atoms with E-state index in [0.29, 0.717) is 28.0 Å². The minimum Gasteiger partial charge on any atom is -0.465 e. The fourth-order valence-electron chi connectivity index (χ4n) is 3.94. The van der Waals surface area contributed by atoms with Gasteiger partial charge in [0.15, 0.2) is 5.76 Å². The van der Waals surface area contributed by atoms with Gasteiger partial charge in [-0.1, -0.05) is 54.6 Å². The van der Waals surface area contributed by atoms with Gasteiger partial charge in [0, 0.05) is 16.7 Å². The van der Waals surface area contributed by atoms with Gasteiger partial charge in [0.2, 0.25) is 0 Å². The van der Waals surface area contributed by atoms with Crippen molar-refractivity contribution in [3.8, 4) is 22.6 Å². The quantitative estimate of drug-likeness (QED) is 0.386. The van der Waals surface area contributed by atoms with Crippen LogP contribution in [0.15, 0.2) is 65.1 Å². The second kappa shape index (κ2) is 8.11. The molecule has 4 rings (SSSR count). The highest BCUT2D eigenvalue weighted by molar-refractivity contribution is 6.12. The molecule has 3 aromatic carbocycles. The van der Waals surface area contributed by atoms with Gasteiger partial charge in [-0.15, -0.1) is 0 Å². The van der Waals surface area contributed by atoms with Gasteiger partial charge in [-0.05, 0) is 36.2 Å². The van der Waals surface area contributed by atoms with Crippen LogP contribution in [0.1, 0.15) is 31.8 Å². The van der Waals surface area contributed by atoms with Crippen molar-refractivity contribution in [2.45, 2.75) is 13.8 Å². The van der Waals surface area contributed by atoms with Gasteiger partial charge in [0.25, 0.3) is 0 Å². The van der Waals surface area contributed by atoms with Crippen molar-refractivity contribution in [2.75, 3.05) is 14.2 Å². The van der Waals surface area contributed by atoms with Gasteiger partial charge in [0.1, 0.15) is 11.3 Å². The van der Waals surface area contributed by atoms with E-state index >= 15 is 0 Å². The molecule has 156 valence electrons. The largest absolute Gasteiger partial charge is 0.465 e.